The Kier molecular flexibility index (Phi) is 5.12. The van der Waals surface area contributed by atoms with E-state index in [4.69, 9.17) is 0 Å². The molecular weight excluding hydrogens is 364 g/mol. The Morgan fingerprint density at radius 1 is 1.19 bits per heavy atom. The summed E-state index contributed by atoms with van der Waals surface area (Å²) in [6.45, 7) is 1.56. The number of tetrazole rings is 1. The standard InChI is InChI=1S/C16H13F2N5O2S/c1-9(15(25)19-14-12(17)3-2-4-13(14)18)26-16-20-21-22-23(16)10-5-7-11(24)8-6-10/h2-9,24H,1H3,(H,19,25). The lowest BCUT2D eigenvalue weighted by Crippen LogP contribution is -2.24. The lowest BCUT2D eigenvalue weighted by atomic mass is 10.3. The number of phenols is 1. The number of aromatic nitrogens is 4. The average Bonchev–Trinajstić information content (AvgIpc) is 3.07. The summed E-state index contributed by atoms with van der Waals surface area (Å²) < 4.78 is 28.7. The largest absolute Gasteiger partial charge is 0.508 e. The van der Waals surface area contributed by atoms with Crippen molar-refractivity contribution in [2.75, 3.05) is 5.32 Å². The average molecular weight is 377 g/mol. The van der Waals surface area contributed by atoms with E-state index in [-0.39, 0.29) is 5.75 Å². The predicted octanol–water partition coefficient (Wildman–Crippen LogP) is 2.77. The van der Waals surface area contributed by atoms with E-state index in [9.17, 15) is 18.7 Å². The zero-order valence-corrected chi connectivity index (χ0v) is 14.2. The number of thioether (sulfide) groups is 1. The van der Waals surface area contributed by atoms with Crippen LogP contribution >= 0.6 is 11.8 Å². The summed E-state index contributed by atoms with van der Waals surface area (Å²) in [6.07, 6.45) is 0. The Morgan fingerprint density at radius 3 is 2.50 bits per heavy atom. The van der Waals surface area contributed by atoms with Crippen LogP contribution in [0.3, 0.4) is 0 Å². The molecule has 0 fully saturated rings. The number of rotatable bonds is 5. The first-order valence-electron chi connectivity index (χ1n) is 7.45. The number of nitrogens with zero attached hydrogens (tertiary/aromatic N) is 4. The topological polar surface area (TPSA) is 92.9 Å². The minimum absolute atomic E-state index is 0.0932. The first kappa shape index (κ1) is 17.8. The van der Waals surface area contributed by atoms with E-state index >= 15 is 0 Å². The normalized spacial score (nSPS) is 12.0. The third-order valence-electron chi connectivity index (χ3n) is 3.40. The minimum atomic E-state index is -0.857. The van der Waals surface area contributed by atoms with Gasteiger partial charge in [-0.3, -0.25) is 4.79 Å². The van der Waals surface area contributed by atoms with Gasteiger partial charge >= 0.3 is 0 Å². The maximum atomic E-state index is 13.7. The van der Waals surface area contributed by atoms with Crippen molar-refractivity contribution in [1.29, 1.82) is 0 Å². The molecule has 0 saturated heterocycles. The number of hydrogen-bond acceptors (Lipinski definition) is 6. The SMILES string of the molecule is CC(Sc1nnnn1-c1ccc(O)cc1)C(=O)Nc1c(F)cccc1F. The molecule has 2 N–H and O–H groups in total. The second kappa shape index (κ2) is 7.48. The number of halogens is 2. The molecule has 7 nitrogen and oxygen atoms in total. The first-order chi connectivity index (χ1) is 12.5. The molecule has 3 rings (SSSR count). The van der Waals surface area contributed by atoms with Gasteiger partial charge < -0.3 is 10.4 Å². The van der Waals surface area contributed by atoms with Crippen LogP contribution in [0.25, 0.3) is 5.69 Å². The maximum Gasteiger partial charge on any atom is 0.237 e. The Bertz CT molecular complexity index is 912. The molecule has 2 aromatic carbocycles. The predicted molar refractivity (Wildman–Crippen MR) is 91.1 cm³/mol. The van der Waals surface area contributed by atoms with E-state index in [0.717, 1.165) is 23.9 Å². The van der Waals surface area contributed by atoms with E-state index in [1.54, 1.807) is 19.1 Å². The van der Waals surface area contributed by atoms with E-state index in [1.807, 2.05) is 0 Å². The van der Waals surface area contributed by atoms with Gasteiger partial charge in [0.2, 0.25) is 11.1 Å². The molecule has 0 spiro atoms. The Morgan fingerprint density at radius 2 is 1.85 bits per heavy atom. The van der Waals surface area contributed by atoms with Crippen molar-refractivity contribution in [2.45, 2.75) is 17.3 Å². The third kappa shape index (κ3) is 3.80. The quantitative estimate of drug-likeness (QED) is 0.664. The summed E-state index contributed by atoms with van der Waals surface area (Å²) in [4.78, 5) is 12.3. The molecule has 0 radical (unpaired) electrons. The number of anilines is 1. The number of aromatic hydroxyl groups is 1. The Balaban J connectivity index is 1.74. The molecule has 10 heteroatoms. The Hall–Kier alpha value is -3.01. The van der Waals surface area contributed by atoms with Crippen molar-refractivity contribution < 1.29 is 18.7 Å². The lowest BCUT2D eigenvalue weighted by Gasteiger charge is -2.12. The van der Waals surface area contributed by atoms with Crippen LogP contribution in [0.1, 0.15) is 6.92 Å². The number of hydrogen-bond donors (Lipinski definition) is 2. The summed E-state index contributed by atoms with van der Waals surface area (Å²) in [5, 5.41) is 22.4. The molecule has 0 saturated carbocycles. The van der Waals surface area contributed by atoms with Gasteiger partial charge in [-0.25, -0.2) is 8.78 Å². The summed E-state index contributed by atoms with van der Waals surface area (Å²) in [5.41, 5.74) is 0.0890. The molecule has 26 heavy (non-hydrogen) atoms. The highest BCUT2D eigenvalue weighted by Gasteiger charge is 2.21. The molecule has 1 aromatic heterocycles. The van der Waals surface area contributed by atoms with Gasteiger partial charge in [0.05, 0.1) is 10.9 Å². The number of nitrogens with one attached hydrogen (secondary N) is 1. The van der Waals surface area contributed by atoms with Gasteiger partial charge in [0, 0.05) is 0 Å². The van der Waals surface area contributed by atoms with Crippen LogP contribution in [0.4, 0.5) is 14.5 Å². The van der Waals surface area contributed by atoms with Crippen molar-refractivity contribution in [2.24, 2.45) is 0 Å². The summed E-state index contributed by atoms with van der Waals surface area (Å²) >= 11 is 1.02. The number of carbonyl (C=O) groups is 1. The molecule has 3 aromatic rings. The number of amides is 1. The van der Waals surface area contributed by atoms with E-state index in [0.29, 0.717) is 10.8 Å². The second-order valence-electron chi connectivity index (χ2n) is 5.24. The van der Waals surface area contributed by atoms with Gasteiger partial charge in [0.15, 0.2) is 0 Å². The molecule has 1 atom stereocenters. The summed E-state index contributed by atoms with van der Waals surface area (Å²) in [5.74, 6) is -2.22. The molecule has 0 aliphatic heterocycles. The van der Waals surface area contributed by atoms with Gasteiger partial charge in [-0.15, -0.1) is 5.10 Å². The highest BCUT2D eigenvalue weighted by Crippen LogP contribution is 2.25. The van der Waals surface area contributed by atoms with Crippen LogP contribution in [-0.4, -0.2) is 36.5 Å². The zero-order chi connectivity index (χ0) is 18.7. The van der Waals surface area contributed by atoms with Crippen molar-refractivity contribution in [1.82, 2.24) is 20.2 Å². The number of phenolic OH excluding ortho intramolecular Hbond substituents is 1. The smallest absolute Gasteiger partial charge is 0.237 e. The van der Waals surface area contributed by atoms with Crippen molar-refractivity contribution in [3.05, 3.63) is 54.1 Å². The van der Waals surface area contributed by atoms with Crippen molar-refractivity contribution in [3.63, 3.8) is 0 Å². The molecule has 0 bridgehead atoms. The fourth-order valence-electron chi connectivity index (χ4n) is 2.06. The van der Waals surface area contributed by atoms with Crippen LogP contribution in [0, 0.1) is 11.6 Å². The van der Waals surface area contributed by atoms with Crippen LogP contribution in [-0.2, 0) is 4.79 Å². The molecular formula is C16H13F2N5O2S. The van der Waals surface area contributed by atoms with Crippen LogP contribution in [0.5, 0.6) is 5.75 Å². The molecule has 1 heterocycles. The van der Waals surface area contributed by atoms with Crippen LogP contribution < -0.4 is 5.32 Å². The lowest BCUT2D eigenvalue weighted by molar-refractivity contribution is -0.115. The first-order valence-corrected chi connectivity index (χ1v) is 8.33. The molecule has 0 aliphatic carbocycles. The Labute approximate surface area is 151 Å². The monoisotopic (exact) mass is 377 g/mol. The van der Waals surface area contributed by atoms with E-state index in [1.165, 1.54) is 22.9 Å². The fraction of sp³-hybridized carbons (Fsp3) is 0.125. The van der Waals surface area contributed by atoms with Gasteiger partial charge in [0.1, 0.15) is 23.1 Å². The van der Waals surface area contributed by atoms with Gasteiger partial charge in [-0.05, 0) is 53.7 Å². The number of benzene rings is 2. The number of carbonyl (C=O) groups excluding carboxylic acids is 1. The fourth-order valence-corrected chi connectivity index (χ4v) is 2.87. The highest BCUT2D eigenvalue weighted by atomic mass is 32.2. The zero-order valence-electron chi connectivity index (χ0n) is 13.4. The van der Waals surface area contributed by atoms with Gasteiger partial charge in [-0.2, -0.15) is 4.68 Å². The molecule has 1 amide bonds. The molecule has 1 unspecified atom stereocenters. The van der Waals surface area contributed by atoms with Crippen LogP contribution in [0.15, 0.2) is 47.6 Å². The third-order valence-corrected chi connectivity index (χ3v) is 4.43. The van der Waals surface area contributed by atoms with Gasteiger partial charge in [0.25, 0.3) is 0 Å². The van der Waals surface area contributed by atoms with Crippen molar-refractivity contribution >= 4 is 23.4 Å². The van der Waals surface area contributed by atoms with Crippen molar-refractivity contribution in [3.8, 4) is 11.4 Å². The number of para-hydroxylation sites is 1. The summed E-state index contributed by atoms with van der Waals surface area (Å²) in [7, 11) is 0. The molecule has 134 valence electrons. The summed E-state index contributed by atoms with van der Waals surface area (Å²) in [6, 6.07) is 9.49. The highest BCUT2D eigenvalue weighted by molar-refractivity contribution is 8.00. The van der Waals surface area contributed by atoms with Gasteiger partial charge in [-0.1, -0.05) is 17.8 Å². The van der Waals surface area contributed by atoms with Crippen LogP contribution in [0.2, 0.25) is 0 Å². The van der Waals surface area contributed by atoms with E-state index in [2.05, 4.69) is 20.8 Å². The van der Waals surface area contributed by atoms with E-state index < -0.39 is 28.5 Å². The maximum absolute atomic E-state index is 13.7. The second-order valence-corrected chi connectivity index (χ2v) is 6.54. The minimum Gasteiger partial charge on any atom is -0.508 e. The molecule has 0 aliphatic rings.